The van der Waals surface area contributed by atoms with Crippen LogP contribution in [0.4, 0.5) is 5.95 Å². The van der Waals surface area contributed by atoms with E-state index in [1.807, 2.05) is 24.3 Å². The second kappa shape index (κ2) is 8.46. The van der Waals surface area contributed by atoms with Crippen molar-refractivity contribution in [3.63, 3.8) is 0 Å². The quantitative estimate of drug-likeness (QED) is 0.872. The molecule has 0 bridgehead atoms. The number of nitrogens with one attached hydrogen (secondary N) is 1. The molecule has 6 nitrogen and oxygen atoms in total. The molecule has 2 heterocycles. The van der Waals surface area contributed by atoms with Gasteiger partial charge < -0.3 is 15.0 Å². The molecule has 3 rings (SSSR count). The van der Waals surface area contributed by atoms with E-state index in [-0.39, 0.29) is 11.8 Å². The first-order chi connectivity index (χ1) is 12.3. The number of ether oxygens (including phenoxy) is 1. The number of carbonyl (C=O) groups excluding carboxylic acids is 1. The number of methoxy groups -OCH3 is 1. The molecule has 0 radical (unpaired) electrons. The predicted octanol–water partition coefficient (Wildman–Crippen LogP) is 2.06. The zero-order valence-corrected chi connectivity index (χ0v) is 14.5. The number of piperidine rings is 1. The number of anilines is 1. The highest BCUT2D eigenvalue weighted by Gasteiger charge is 2.26. The number of para-hydroxylation sites is 1. The van der Waals surface area contributed by atoms with Gasteiger partial charge in [0.15, 0.2) is 0 Å². The van der Waals surface area contributed by atoms with Crippen molar-refractivity contribution in [3.05, 3.63) is 48.3 Å². The van der Waals surface area contributed by atoms with Gasteiger partial charge in [0.2, 0.25) is 11.9 Å². The van der Waals surface area contributed by atoms with Crippen LogP contribution in [0.25, 0.3) is 0 Å². The van der Waals surface area contributed by atoms with Crippen molar-refractivity contribution >= 4 is 11.9 Å². The molecule has 1 aromatic heterocycles. The van der Waals surface area contributed by atoms with Crippen LogP contribution in [0.3, 0.4) is 0 Å². The summed E-state index contributed by atoms with van der Waals surface area (Å²) in [7, 11) is 1.67. The average molecular weight is 340 g/mol. The summed E-state index contributed by atoms with van der Waals surface area (Å²) in [4.78, 5) is 23.2. The minimum Gasteiger partial charge on any atom is -0.496 e. The van der Waals surface area contributed by atoms with E-state index in [2.05, 4.69) is 20.2 Å². The van der Waals surface area contributed by atoms with E-state index in [1.54, 1.807) is 25.6 Å². The summed E-state index contributed by atoms with van der Waals surface area (Å²) in [5.41, 5.74) is 1.10. The molecule has 132 valence electrons. The van der Waals surface area contributed by atoms with Gasteiger partial charge in [0, 0.05) is 32.0 Å². The van der Waals surface area contributed by atoms with Gasteiger partial charge >= 0.3 is 0 Å². The summed E-state index contributed by atoms with van der Waals surface area (Å²) in [6.45, 7) is 2.18. The van der Waals surface area contributed by atoms with E-state index in [4.69, 9.17) is 4.74 Å². The van der Waals surface area contributed by atoms with Crippen LogP contribution in [0.5, 0.6) is 5.75 Å². The summed E-state index contributed by atoms with van der Waals surface area (Å²) in [6.07, 6.45) is 6.11. The third-order valence-corrected chi connectivity index (χ3v) is 4.51. The highest BCUT2D eigenvalue weighted by atomic mass is 16.5. The fourth-order valence-corrected chi connectivity index (χ4v) is 3.20. The van der Waals surface area contributed by atoms with Crippen LogP contribution in [0.15, 0.2) is 42.7 Å². The number of rotatable bonds is 6. The number of hydrogen-bond donors (Lipinski definition) is 1. The zero-order valence-electron chi connectivity index (χ0n) is 14.5. The van der Waals surface area contributed by atoms with E-state index in [9.17, 15) is 4.79 Å². The van der Waals surface area contributed by atoms with Gasteiger partial charge in [-0.2, -0.15) is 0 Å². The number of carbonyl (C=O) groups is 1. The molecule has 1 aliphatic rings. The van der Waals surface area contributed by atoms with Crippen LogP contribution in [0, 0.1) is 5.92 Å². The van der Waals surface area contributed by atoms with Gasteiger partial charge in [0.25, 0.3) is 0 Å². The molecule has 1 saturated heterocycles. The van der Waals surface area contributed by atoms with E-state index >= 15 is 0 Å². The van der Waals surface area contributed by atoms with Gasteiger partial charge in [-0.05, 0) is 37.0 Å². The normalized spacial score (nSPS) is 17.2. The summed E-state index contributed by atoms with van der Waals surface area (Å²) < 4.78 is 5.35. The van der Waals surface area contributed by atoms with E-state index in [0.29, 0.717) is 19.0 Å². The van der Waals surface area contributed by atoms with Crippen molar-refractivity contribution in [2.75, 3.05) is 31.6 Å². The maximum absolute atomic E-state index is 12.5. The molecule has 0 saturated carbocycles. The van der Waals surface area contributed by atoms with Crippen LogP contribution in [0.1, 0.15) is 18.4 Å². The lowest BCUT2D eigenvalue weighted by atomic mass is 9.97. The minimum atomic E-state index is -0.0183. The van der Waals surface area contributed by atoms with Crippen LogP contribution in [-0.2, 0) is 11.2 Å². The Morgan fingerprint density at radius 3 is 2.88 bits per heavy atom. The standard InChI is InChI=1S/C19H24N4O2/c1-25-17-8-3-2-6-15(17)9-12-20-18(24)16-7-4-13-23(14-16)19-21-10-5-11-22-19/h2-3,5-6,8,10-11,16H,4,7,9,12-14H2,1H3,(H,20,24). The van der Waals surface area contributed by atoms with Crippen molar-refractivity contribution in [2.45, 2.75) is 19.3 Å². The van der Waals surface area contributed by atoms with E-state index < -0.39 is 0 Å². The number of amides is 1. The molecule has 0 aliphatic carbocycles. The Kier molecular flexibility index (Phi) is 5.82. The Balaban J connectivity index is 1.51. The summed E-state index contributed by atoms with van der Waals surface area (Å²) in [5.74, 6) is 1.65. The van der Waals surface area contributed by atoms with Crippen molar-refractivity contribution in [2.24, 2.45) is 5.92 Å². The van der Waals surface area contributed by atoms with Gasteiger partial charge in [-0.15, -0.1) is 0 Å². The van der Waals surface area contributed by atoms with Gasteiger partial charge in [0.05, 0.1) is 13.0 Å². The lowest BCUT2D eigenvalue weighted by molar-refractivity contribution is -0.125. The molecule has 1 N–H and O–H groups in total. The van der Waals surface area contributed by atoms with Crippen LogP contribution in [-0.4, -0.2) is 42.6 Å². The zero-order chi connectivity index (χ0) is 17.5. The molecular formula is C19H24N4O2. The van der Waals surface area contributed by atoms with Gasteiger partial charge in [0.1, 0.15) is 5.75 Å². The molecule has 1 aliphatic heterocycles. The lowest BCUT2D eigenvalue weighted by Gasteiger charge is -2.31. The van der Waals surface area contributed by atoms with Gasteiger partial charge in [-0.3, -0.25) is 4.79 Å². The fourth-order valence-electron chi connectivity index (χ4n) is 3.20. The molecule has 2 aromatic rings. The first-order valence-electron chi connectivity index (χ1n) is 8.69. The topological polar surface area (TPSA) is 67.3 Å². The molecule has 1 aromatic carbocycles. The largest absolute Gasteiger partial charge is 0.496 e. The lowest BCUT2D eigenvalue weighted by Crippen LogP contribution is -2.44. The Morgan fingerprint density at radius 2 is 2.08 bits per heavy atom. The molecule has 1 amide bonds. The first kappa shape index (κ1) is 17.2. The van der Waals surface area contributed by atoms with Crippen molar-refractivity contribution in [1.29, 1.82) is 0 Å². The second-order valence-electron chi connectivity index (χ2n) is 6.19. The fraction of sp³-hybridized carbons (Fsp3) is 0.421. The smallest absolute Gasteiger partial charge is 0.225 e. The first-order valence-corrected chi connectivity index (χ1v) is 8.69. The third kappa shape index (κ3) is 4.47. The predicted molar refractivity (Wildman–Crippen MR) is 96.7 cm³/mol. The highest BCUT2D eigenvalue weighted by Crippen LogP contribution is 2.20. The molecular weight excluding hydrogens is 316 g/mol. The maximum Gasteiger partial charge on any atom is 0.225 e. The molecule has 1 unspecified atom stereocenters. The number of benzene rings is 1. The molecule has 25 heavy (non-hydrogen) atoms. The number of aromatic nitrogens is 2. The van der Waals surface area contributed by atoms with Crippen LogP contribution < -0.4 is 15.0 Å². The number of hydrogen-bond acceptors (Lipinski definition) is 5. The Hall–Kier alpha value is -2.63. The minimum absolute atomic E-state index is 0.0183. The highest BCUT2D eigenvalue weighted by molar-refractivity contribution is 5.79. The Bertz CT molecular complexity index is 693. The molecule has 6 heteroatoms. The van der Waals surface area contributed by atoms with Gasteiger partial charge in [-0.25, -0.2) is 9.97 Å². The summed E-state index contributed by atoms with van der Waals surface area (Å²) in [5, 5.41) is 3.06. The average Bonchev–Trinajstić information content (AvgIpc) is 2.69. The van der Waals surface area contributed by atoms with Crippen LogP contribution >= 0.6 is 0 Å². The van der Waals surface area contributed by atoms with Crippen molar-refractivity contribution in [3.8, 4) is 5.75 Å². The Morgan fingerprint density at radius 1 is 1.28 bits per heavy atom. The van der Waals surface area contributed by atoms with Crippen LogP contribution in [0.2, 0.25) is 0 Å². The molecule has 1 fully saturated rings. The summed E-state index contributed by atoms with van der Waals surface area (Å²) >= 11 is 0. The SMILES string of the molecule is COc1ccccc1CCNC(=O)C1CCCN(c2ncccn2)C1. The molecule has 0 spiro atoms. The monoisotopic (exact) mass is 340 g/mol. The van der Waals surface area contributed by atoms with E-state index in [1.165, 1.54) is 0 Å². The van der Waals surface area contributed by atoms with Crippen molar-refractivity contribution in [1.82, 2.24) is 15.3 Å². The third-order valence-electron chi connectivity index (χ3n) is 4.51. The van der Waals surface area contributed by atoms with Crippen molar-refractivity contribution < 1.29 is 9.53 Å². The Labute approximate surface area is 148 Å². The molecule has 1 atom stereocenters. The summed E-state index contributed by atoms with van der Waals surface area (Å²) in [6, 6.07) is 9.70. The van der Waals surface area contributed by atoms with E-state index in [0.717, 1.165) is 37.1 Å². The van der Waals surface area contributed by atoms with Gasteiger partial charge in [-0.1, -0.05) is 18.2 Å². The maximum atomic E-state index is 12.5. The second-order valence-corrected chi connectivity index (χ2v) is 6.19. The number of nitrogens with zero attached hydrogens (tertiary/aromatic N) is 3.